The standard InChI is InChI=1S/C19H23N3O2S2/c1-10-7-11(2)9-16(8-10)22-26(23,24)19-15(6)25-14(5)17(19)18-12(3)13(4)20-21-18/h7-9,22H,1-6H3,(H,20,21). The smallest absolute Gasteiger partial charge is 0.263 e. The van der Waals surface area contributed by atoms with Gasteiger partial charge in [-0.25, -0.2) is 8.42 Å². The Kier molecular flexibility index (Phi) is 4.71. The zero-order valence-electron chi connectivity index (χ0n) is 15.8. The second kappa shape index (κ2) is 6.55. The summed E-state index contributed by atoms with van der Waals surface area (Å²) in [6, 6.07) is 5.69. The van der Waals surface area contributed by atoms with Gasteiger partial charge >= 0.3 is 0 Å². The van der Waals surface area contributed by atoms with Crippen LogP contribution in [0.2, 0.25) is 0 Å². The lowest BCUT2D eigenvalue weighted by Crippen LogP contribution is -2.14. The van der Waals surface area contributed by atoms with Gasteiger partial charge in [-0.05, 0) is 70.4 Å². The summed E-state index contributed by atoms with van der Waals surface area (Å²) in [5, 5.41) is 7.31. The number of rotatable bonds is 4. The fourth-order valence-electron chi connectivity index (χ4n) is 3.23. The predicted octanol–water partition coefficient (Wildman–Crippen LogP) is 4.79. The molecule has 3 rings (SSSR count). The molecule has 0 radical (unpaired) electrons. The van der Waals surface area contributed by atoms with E-state index in [-0.39, 0.29) is 0 Å². The van der Waals surface area contributed by atoms with E-state index in [4.69, 9.17) is 0 Å². The molecule has 0 aliphatic heterocycles. The van der Waals surface area contributed by atoms with Crippen LogP contribution in [0.15, 0.2) is 23.1 Å². The van der Waals surface area contributed by atoms with E-state index in [9.17, 15) is 8.42 Å². The molecule has 2 heterocycles. The third-order valence-corrected chi connectivity index (χ3v) is 7.14. The molecule has 0 aliphatic rings. The van der Waals surface area contributed by atoms with Gasteiger partial charge in [0.2, 0.25) is 0 Å². The molecule has 5 nitrogen and oxygen atoms in total. The minimum Gasteiger partial charge on any atom is -0.282 e. The molecule has 0 atom stereocenters. The summed E-state index contributed by atoms with van der Waals surface area (Å²) in [7, 11) is -3.74. The van der Waals surface area contributed by atoms with Gasteiger partial charge < -0.3 is 0 Å². The van der Waals surface area contributed by atoms with Crippen LogP contribution in [0, 0.1) is 41.5 Å². The maximum absolute atomic E-state index is 13.2. The molecular weight excluding hydrogens is 366 g/mol. The largest absolute Gasteiger partial charge is 0.282 e. The molecule has 2 N–H and O–H groups in total. The first-order valence-corrected chi connectivity index (χ1v) is 10.6. The Hall–Kier alpha value is -2.12. The highest BCUT2D eigenvalue weighted by Gasteiger charge is 2.28. The Balaban J connectivity index is 2.15. The second-order valence-corrected chi connectivity index (χ2v) is 9.77. The molecule has 138 valence electrons. The van der Waals surface area contributed by atoms with E-state index in [2.05, 4.69) is 14.9 Å². The minimum absolute atomic E-state index is 0.314. The van der Waals surface area contributed by atoms with Crippen molar-refractivity contribution in [2.75, 3.05) is 4.72 Å². The lowest BCUT2D eigenvalue weighted by atomic mass is 10.1. The fourth-order valence-corrected chi connectivity index (χ4v) is 6.13. The average Bonchev–Trinajstić information content (AvgIpc) is 2.97. The van der Waals surface area contributed by atoms with Crippen LogP contribution in [-0.4, -0.2) is 18.6 Å². The molecule has 0 spiro atoms. The first-order chi connectivity index (χ1) is 12.1. The molecule has 2 aromatic heterocycles. The van der Waals surface area contributed by atoms with Gasteiger partial charge in [0, 0.05) is 26.7 Å². The normalized spacial score (nSPS) is 11.8. The summed E-state index contributed by atoms with van der Waals surface area (Å²) in [6.45, 7) is 11.6. The number of hydrogen-bond donors (Lipinski definition) is 2. The van der Waals surface area contributed by atoms with Gasteiger partial charge in [0.05, 0.1) is 5.69 Å². The SMILES string of the molecule is Cc1cc(C)cc(NS(=O)(=O)c2c(C)sc(C)c2-c2n[nH]c(C)c2C)c1. The van der Waals surface area contributed by atoms with Crippen molar-refractivity contribution >= 4 is 27.0 Å². The van der Waals surface area contributed by atoms with Gasteiger partial charge in [0.25, 0.3) is 10.0 Å². The Labute approximate surface area is 158 Å². The van der Waals surface area contributed by atoms with Gasteiger partial charge in [-0.2, -0.15) is 5.10 Å². The molecule has 0 unspecified atom stereocenters. The zero-order valence-corrected chi connectivity index (χ0v) is 17.4. The molecule has 0 saturated carbocycles. The number of nitrogens with zero attached hydrogens (tertiary/aromatic N) is 1. The highest BCUT2D eigenvalue weighted by Crippen LogP contribution is 2.40. The molecule has 0 saturated heterocycles. The Morgan fingerprint density at radius 1 is 0.962 bits per heavy atom. The predicted molar refractivity (Wildman–Crippen MR) is 108 cm³/mol. The topological polar surface area (TPSA) is 74.8 Å². The molecular formula is C19H23N3O2S2. The van der Waals surface area contributed by atoms with E-state index in [1.165, 1.54) is 11.3 Å². The number of nitrogens with one attached hydrogen (secondary N) is 2. The number of H-pyrrole nitrogens is 1. The summed E-state index contributed by atoms with van der Waals surface area (Å²) in [5.41, 5.74) is 5.89. The quantitative estimate of drug-likeness (QED) is 0.674. The molecule has 3 aromatic rings. The molecule has 1 aromatic carbocycles. The van der Waals surface area contributed by atoms with E-state index in [1.54, 1.807) is 0 Å². The van der Waals surface area contributed by atoms with E-state index >= 15 is 0 Å². The van der Waals surface area contributed by atoms with E-state index in [1.807, 2.05) is 59.7 Å². The highest BCUT2D eigenvalue weighted by molar-refractivity contribution is 7.93. The molecule has 0 fully saturated rings. The van der Waals surface area contributed by atoms with E-state index in [0.29, 0.717) is 21.8 Å². The first-order valence-electron chi connectivity index (χ1n) is 8.33. The Morgan fingerprint density at radius 3 is 2.12 bits per heavy atom. The van der Waals surface area contributed by atoms with Crippen molar-refractivity contribution < 1.29 is 8.42 Å². The minimum atomic E-state index is -3.74. The second-order valence-electron chi connectivity index (χ2n) is 6.72. The van der Waals surface area contributed by atoms with E-state index < -0.39 is 10.0 Å². The van der Waals surface area contributed by atoms with Crippen molar-refractivity contribution in [2.24, 2.45) is 0 Å². The molecule has 0 bridgehead atoms. The molecule has 0 amide bonds. The van der Waals surface area contributed by atoms with E-state index in [0.717, 1.165) is 32.1 Å². The summed E-state index contributed by atoms with van der Waals surface area (Å²) in [6.07, 6.45) is 0. The summed E-state index contributed by atoms with van der Waals surface area (Å²) in [4.78, 5) is 2.01. The number of hydrogen-bond acceptors (Lipinski definition) is 4. The van der Waals surface area contributed by atoms with Crippen molar-refractivity contribution in [3.8, 4) is 11.3 Å². The first kappa shape index (κ1) is 18.7. The van der Waals surface area contributed by atoms with Gasteiger partial charge in [-0.1, -0.05) is 6.07 Å². The maximum Gasteiger partial charge on any atom is 0.263 e. The maximum atomic E-state index is 13.2. The average molecular weight is 390 g/mol. The zero-order chi connectivity index (χ0) is 19.2. The lowest BCUT2D eigenvalue weighted by molar-refractivity contribution is 0.601. The summed E-state index contributed by atoms with van der Waals surface area (Å²) < 4.78 is 29.2. The van der Waals surface area contributed by atoms with Crippen molar-refractivity contribution in [3.05, 3.63) is 50.3 Å². The Morgan fingerprint density at radius 2 is 1.58 bits per heavy atom. The van der Waals surface area contributed by atoms with Crippen LogP contribution in [0.25, 0.3) is 11.3 Å². The third-order valence-electron chi connectivity index (χ3n) is 4.44. The van der Waals surface area contributed by atoms with Crippen molar-refractivity contribution in [1.29, 1.82) is 0 Å². The van der Waals surface area contributed by atoms with Crippen LogP contribution in [0.4, 0.5) is 5.69 Å². The number of thiophene rings is 1. The van der Waals surface area contributed by atoms with Crippen molar-refractivity contribution in [2.45, 2.75) is 46.4 Å². The van der Waals surface area contributed by atoms with Crippen LogP contribution in [0.5, 0.6) is 0 Å². The van der Waals surface area contributed by atoms with Gasteiger partial charge in [-0.15, -0.1) is 11.3 Å². The molecule has 0 aliphatic carbocycles. The lowest BCUT2D eigenvalue weighted by Gasteiger charge is -2.12. The van der Waals surface area contributed by atoms with Gasteiger partial charge in [0.1, 0.15) is 4.90 Å². The number of aromatic nitrogens is 2. The Bertz CT molecular complexity index is 1070. The number of aryl methyl sites for hydroxylation is 5. The highest BCUT2D eigenvalue weighted by atomic mass is 32.2. The van der Waals surface area contributed by atoms with Crippen LogP contribution < -0.4 is 4.72 Å². The number of aromatic amines is 1. The molecule has 26 heavy (non-hydrogen) atoms. The van der Waals surface area contributed by atoms with Crippen LogP contribution >= 0.6 is 11.3 Å². The van der Waals surface area contributed by atoms with Crippen molar-refractivity contribution in [1.82, 2.24) is 10.2 Å². The number of anilines is 1. The fraction of sp³-hybridized carbons (Fsp3) is 0.316. The third kappa shape index (κ3) is 3.29. The van der Waals surface area contributed by atoms with Crippen LogP contribution in [-0.2, 0) is 10.0 Å². The number of benzene rings is 1. The van der Waals surface area contributed by atoms with Gasteiger partial charge in [0.15, 0.2) is 0 Å². The van der Waals surface area contributed by atoms with Gasteiger partial charge in [-0.3, -0.25) is 9.82 Å². The summed E-state index contributed by atoms with van der Waals surface area (Å²) in [5.74, 6) is 0. The van der Waals surface area contributed by atoms with Crippen LogP contribution in [0.1, 0.15) is 32.1 Å². The monoisotopic (exact) mass is 389 g/mol. The molecule has 7 heteroatoms. The van der Waals surface area contributed by atoms with Crippen LogP contribution in [0.3, 0.4) is 0 Å². The number of sulfonamides is 1. The summed E-state index contributed by atoms with van der Waals surface area (Å²) >= 11 is 1.48. The van der Waals surface area contributed by atoms with Crippen molar-refractivity contribution in [3.63, 3.8) is 0 Å².